The normalized spacial score (nSPS) is 12.4. The number of rotatable bonds is 5. The van der Waals surface area contributed by atoms with E-state index in [0.29, 0.717) is 5.82 Å². The van der Waals surface area contributed by atoms with Gasteiger partial charge in [-0.15, -0.1) is 0 Å². The molecule has 0 aliphatic rings. The van der Waals surface area contributed by atoms with Crippen molar-refractivity contribution < 1.29 is 9.26 Å². The molecule has 0 bridgehead atoms. The average molecular weight is 233 g/mol. The number of nitrogens with zero attached hydrogens (tertiary/aromatic N) is 2. The monoisotopic (exact) mass is 233 g/mol. The second-order valence-corrected chi connectivity index (χ2v) is 3.68. The summed E-state index contributed by atoms with van der Waals surface area (Å²) < 4.78 is 10.2. The average Bonchev–Trinajstić information content (AvgIpc) is 2.90. The van der Waals surface area contributed by atoms with Gasteiger partial charge in [0.2, 0.25) is 6.39 Å². The summed E-state index contributed by atoms with van der Waals surface area (Å²) in [6.45, 7) is 2.79. The Bertz CT molecular complexity index is 439. The molecule has 5 heteroatoms. The largest absolute Gasteiger partial charge is 0.494 e. The second-order valence-electron chi connectivity index (χ2n) is 3.68. The fraction of sp³-hybridized carbons (Fsp3) is 0.333. The minimum Gasteiger partial charge on any atom is -0.494 e. The molecule has 0 saturated heterocycles. The molecular formula is C12H15N3O2. The van der Waals surface area contributed by atoms with Gasteiger partial charge in [-0.3, -0.25) is 0 Å². The summed E-state index contributed by atoms with van der Waals surface area (Å²) in [5.41, 5.74) is 6.91. The lowest BCUT2D eigenvalue weighted by Crippen LogP contribution is -2.13. The van der Waals surface area contributed by atoms with Crippen molar-refractivity contribution in [2.24, 2.45) is 5.73 Å². The summed E-state index contributed by atoms with van der Waals surface area (Å²) in [6.07, 6.45) is 2.26. The Balaban J connectivity index is 2.07. The SMILES string of the molecule is CCCOc1ccc(C(N)c2ncon2)cc1. The Hall–Kier alpha value is -1.88. The first-order valence-electron chi connectivity index (χ1n) is 5.56. The maximum Gasteiger partial charge on any atom is 0.213 e. The van der Waals surface area contributed by atoms with Gasteiger partial charge >= 0.3 is 0 Å². The number of aromatic nitrogens is 2. The van der Waals surface area contributed by atoms with Crippen molar-refractivity contribution in [2.75, 3.05) is 6.61 Å². The molecule has 1 aromatic carbocycles. The minimum absolute atomic E-state index is 0.367. The summed E-state index contributed by atoms with van der Waals surface area (Å²) in [5, 5.41) is 3.72. The van der Waals surface area contributed by atoms with Gasteiger partial charge in [-0.05, 0) is 24.1 Å². The van der Waals surface area contributed by atoms with Crippen LogP contribution in [0.5, 0.6) is 5.75 Å². The van der Waals surface area contributed by atoms with Gasteiger partial charge in [-0.25, -0.2) is 0 Å². The fourth-order valence-electron chi connectivity index (χ4n) is 1.46. The third kappa shape index (κ3) is 2.82. The molecule has 0 radical (unpaired) electrons. The lowest BCUT2D eigenvalue weighted by molar-refractivity contribution is 0.317. The van der Waals surface area contributed by atoms with Crippen molar-refractivity contribution in [2.45, 2.75) is 19.4 Å². The standard InChI is InChI=1S/C12H15N3O2/c1-2-7-16-10-5-3-9(4-6-10)11(13)12-14-8-17-15-12/h3-6,8,11H,2,7,13H2,1H3. The maximum atomic E-state index is 5.99. The molecular weight excluding hydrogens is 218 g/mol. The molecule has 1 atom stereocenters. The third-order valence-corrected chi connectivity index (χ3v) is 2.37. The predicted octanol–water partition coefficient (Wildman–Crippen LogP) is 1.91. The van der Waals surface area contributed by atoms with E-state index in [-0.39, 0.29) is 6.04 Å². The van der Waals surface area contributed by atoms with Gasteiger partial charge in [-0.2, -0.15) is 4.98 Å². The van der Waals surface area contributed by atoms with Crippen molar-refractivity contribution in [1.29, 1.82) is 0 Å². The van der Waals surface area contributed by atoms with Gasteiger partial charge in [-0.1, -0.05) is 24.2 Å². The number of hydrogen-bond acceptors (Lipinski definition) is 5. The van der Waals surface area contributed by atoms with Crippen LogP contribution in [0.4, 0.5) is 0 Å². The highest BCUT2D eigenvalue weighted by Crippen LogP contribution is 2.19. The highest BCUT2D eigenvalue weighted by molar-refractivity contribution is 5.31. The molecule has 0 saturated carbocycles. The minimum atomic E-state index is -0.367. The van der Waals surface area contributed by atoms with Crippen LogP contribution in [-0.2, 0) is 0 Å². The summed E-state index contributed by atoms with van der Waals surface area (Å²) in [5.74, 6) is 1.32. The maximum absolute atomic E-state index is 5.99. The van der Waals surface area contributed by atoms with Gasteiger partial charge in [0.1, 0.15) is 5.75 Å². The zero-order valence-electron chi connectivity index (χ0n) is 9.67. The molecule has 0 aliphatic carbocycles. The highest BCUT2D eigenvalue weighted by atomic mass is 16.5. The van der Waals surface area contributed by atoms with E-state index in [0.717, 1.165) is 24.3 Å². The Morgan fingerprint density at radius 2 is 2.12 bits per heavy atom. The van der Waals surface area contributed by atoms with E-state index in [4.69, 9.17) is 10.5 Å². The smallest absolute Gasteiger partial charge is 0.213 e. The van der Waals surface area contributed by atoms with Gasteiger partial charge in [0.25, 0.3) is 0 Å². The molecule has 0 amide bonds. The van der Waals surface area contributed by atoms with Crippen molar-refractivity contribution in [1.82, 2.24) is 10.1 Å². The molecule has 1 unspecified atom stereocenters. The van der Waals surface area contributed by atoms with E-state index < -0.39 is 0 Å². The first kappa shape index (κ1) is 11.6. The zero-order chi connectivity index (χ0) is 12.1. The Kier molecular flexibility index (Phi) is 3.72. The number of ether oxygens (including phenoxy) is 1. The molecule has 1 heterocycles. The first-order valence-corrected chi connectivity index (χ1v) is 5.56. The molecule has 0 aliphatic heterocycles. The van der Waals surface area contributed by atoms with Gasteiger partial charge in [0.15, 0.2) is 5.82 Å². The Morgan fingerprint density at radius 1 is 1.35 bits per heavy atom. The predicted molar refractivity (Wildman–Crippen MR) is 62.6 cm³/mol. The number of nitrogens with two attached hydrogens (primary N) is 1. The van der Waals surface area contributed by atoms with E-state index in [9.17, 15) is 0 Å². The highest BCUT2D eigenvalue weighted by Gasteiger charge is 2.13. The van der Waals surface area contributed by atoms with Crippen LogP contribution in [0.15, 0.2) is 35.2 Å². The molecule has 2 N–H and O–H groups in total. The summed E-state index contributed by atoms with van der Waals surface area (Å²) in [7, 11) is 0. The molecule has 5 nitrogen and oxygen atoms in total. The van der Waals surface area contributed by atoms with Gasteiger partial charge < -0.3 is 15.0 Å². The van der Waals surface area contributed by atoms with Crippen LogP contribution in [0.1, 0.15) is 30.8 Å². The van der Waals surface area contributed by atoms with E-state index in [1.54, 1.807) is 0 Å². The van der Waals surface area contributed by atoms with Crippen LogP contribution >= 0.6 is 0 Å². The van der Waals surface area contributed by atoms with Crippen LogP contribution in [0.25, 0.3) is 0 Å². The van der Waals surface area contributed by atoms with Crippen LogP contribution < -0.4 is 10.5 Å². The van der Waals surface area contributed by atoms with Crippen molar-refractivity contribution >= 4 is 0 Å². The van der Waals surface area contributed by atoms with E-state index >= 15 is 0 Å². The van der Waals surface area contributed by atoms with E-state index in [1.807, 2.05) is 24.3 Å². The molecule has 90 valence electrons. The van der Waals surface area contributed by atoms with Crippen LogP contribution in [-0.4, -0.2) is 16.7 Å². The van der Waals surface area contributed by atoms with Crippen molar-refractivity contribution in [3.8, 4) is 5.75 Å². The lowest BCUT2D eigenvalue weighted by Gasteiger charge is -2.09. The zero-order valence-corrected chi connectivity index (χ0v) is 9.67. The van der Waals surface area contributed by atoms with E-state index in [1.165, 1.54) is 6.39 Å². The lowest BCUT2D eigenvalue weighted by atomic mass is 10.1. The molecule has 0 spiro atoms. The van der Waals surface area contributed by atoms with E-state index in [2.05, 4.69) is 21.6 Å². The molecule has 2 rings (SSSR count). The molecule has 1 aromatic heterocycles. The number of hydrogen-bond donors (Lipinski definition) is 1. The molecule has 17 heavy (non-hydrogen) atoms. The van der Waals surface area contributed by atoms with Gasteiger partial charge in [0.05, 0.1) is 12.6 Å². The van der Waals surface area contributed by atoms with Crippen LogP contribution in [0, 0.1) is 0 Å². The quantitative estimate of drug-likeness (QED) is 0.853. The summed E-state index contributed by atoms with van der Waals surface area (Å²) in [4.78, 5) is 3.93. The summed E-state index contributed by atoms with van der Waals surface area (Å²) >= 11 is 0. The topological polar surface area (TPSA) is 74.2 Å². The number of benzene rings is 1. The van der Waals surface area contributed by atoms with Crippen LogP contribution in [0.2, 0.25) is 0 Å². The first-order chi connectivity index (χ1) is 8.31. The summed E-state index contributed by atoms with van der Waals surface area (Å²) in [6, 6.07) is 7.24. The fourth-order valence-corrected chi connectivity index (χ4v) is 1.46. The van der Waals surface area contributed by atoms with Crippen LogP contribution in [0.3, 0.4) is 0 Å². The Morgan fingerprint density at radius 3 is 2.71 bits per heavy atom. The van der Waals surface area contributed by atoms with Crippen molar-refractivity contribution in [3.63, 3.8) is 0 Å². The van der Waals surface area contributed by atoms with Gasteiger partial charge in [0, 0.05) is 0 Å². The van der Waals surface area contributed by atoms with Crippen molar-refractivity contribution in [3.05, 3.63) is 42.0 Å². The Labute approximate surface area is 99.6 Å². The molecule has 2 aromatic rings. The molecule has 0 fully saturated rings. The third-order valence-electron chi connectivity index (χ3n) is 2.37. The second kappa shape index (κ2) is 5.45.